The molecule has 0 unspecified atom stereocenters. The molecule has 0 aliphatic carbocycles. The molecule has 50 heavy (non-hydrogen) atoms. The molecule has 8 nitrogen and oxygen atoms in total. The lowest BCUT2D eigenvalue weighted by molar-refractivity contribution is -0.161. The van der Waals surface area contributed by atoms with Crippen LogP contribution in [0.1, 0.15) is 142 Å². The Kier molecular flexibility index (Phi) is 34.0. The van der Waals surface area contributed by atoms with Crippen molar-refractivity contribution >= 4 is 19.8 Å². The van der Waals surface area contributed by atoms with Crippen LogP contribution in [0.25, 0.3) is 0 Å². The lowest BCUT2D eigenvalue weighted by Gasteiger charge is -2.18. The van der Waals surface area contributed by atoms with E-state index in [1.165, 1.54) is 6.42 Å². The molecule has 0 radical (unpaired) electrons. The maximum Gasteiger partial charge on any atom is 0.469 e. The molecule has 0 aromatic heterocycles. The van der Waals surface area contributed by atoms with E-state index in [9.17, 15) is 14.2 Å². The number of phosphoric acid groups is 1. The number of rotatable bonds is 33. The van der Waals surface area contributed by atoms with Gasteiger partial charge in [0.15, 0.2) is 6.10 Å². The van der Waals surface area contributed by atoms with Gasteiger partial charge in [0.2, 0.25) is 0 Å². The van der Waals surface area contributed by atoms with E-state index >= 15 is 0 Å². The summed E-state index contributed by atoms with van der Waals surface area (Å²) in [5.74, 6) is -0.951. The van der Waals surface area contributed by atoms with Crippen molar-refractivity contribution in [3.63, 3.8) is 0 Å². The molecule has 0 heterocycles. The predicted molar refractivity (Wildman–Crippen MR) is 207 cm³/mol. The summed E-state index contributed by atoms with van der Waals surface area (Å²) in [5, 5.41) is 0. The van der Waals surface area contributed by atoms with Crippen LogP contribution >= 0.6 is 7.82 Å². The predicted octanol–water partition coefficient (Wildman–Crippen LogP) is 11.3. The number of unbranched alkanes of at least 4 members (excludes halogenated alkanes) is 9. The van der Waals surface area contributed by atoms with Crippen molar-refractivity contribution in [1.82, 2.24) is 0 Å². The monoisotopic (exact) mass is 718 g/mol. The van der Waals surface area contributed by atoms with Crippen molar-refractivity contribution in [1.29, 1.82) is 0 Å². The van der Waals surface area contributed by atoms with Crippen molar-refractivity contribution < 1.29 is 37.9 Å². The Morgan fingerprint density at radius 1 is 0.540 bits per heavy atom. The zero-order chi connectivity index (χ0) is 36.8. The fourth-order valence-corrected chi connectivity index (χ4v) is 4.97. The SMILES string of the molecule is CC/C=C/C/C=C/C/C=C/CCCCCCCC(=O)O[C@H](COC(=O)CCCCC/C=C/C/C=C/C/C=C/C/C=C/CCC)COP(=O)(O)O. The van der Waals surface area contributed by atoms with E-state index in [4.69, 9.17) is 19.3 Å². The molecule has 0 aromatic rings. The highest BCUT2D eigenvalue weighted by atomic mass is 31.2. The van der Waals surface area contributed by atoms with Gasteiger partial charge in [-0.15, -0.1) is 0 Å². The molecular formula is C41H67O8P. The summed E-state index contributed by atoms with van der Waals surface area (Å²) in [4.78, 5) is 42.7. The first-order valence-corrected chi connectivity index (χ1v) is 20.4. The molecule has 0 aromatic carbocycles. The molecule has 0 saturated carbocycles. The van der Waals surface area contributed by atoms with E-state index < -0.39 is 32.5 Å². The summed E-state index contributed by atoms with van der Waals surface area (Å²) in [5.41, 5.74) is 0. The lowest BCUT2D eigenvalue weighted by atomic mass is 10.1. The molecule has 0 bridgehead atoms. The van der Waals surface area contributed by atoms with E-state index in [1.54, 1.807) is 0 Å². The van der Waals surface area contributed by atoms with E-state index in [-0.39, 0.29) is 19.4 Å². The normalized spacial score (nSPS) is 13.4. The van der Waals surface area contributed by atoms with Crippen LogP contribution in [0.3, 0.4) is 0 Å². The van der Waals surface area contributed by atoms with Crippen LogP contribution in [-0.4, -0.2) is 41.0 Å². The quantitative estimate of drug-likeness (QED) is 0.0298. The average molecular weight is 719 g/mol. The maximum atomic E-state index is 12.4. The fraction of sp³-hybridized carbons (Fsp3) is 0.610. The smallest absolute Gasteiger partial charge is 0.462 e. The number of ether oxygens (including phenoxy) is 2. The summed E-state index contributed by atoms with van der Waals surface area (Å²) in [6.07, 6.45) is 47.3. The van der Waals surface area contributed by atoms with Crippen molar-refractivity contribution in [3.8, 4) is 0 Å². The highest BCUT2D eigenvalue weighted by Crippen LogP contribution is 2.35. The second-order valence-electron chi connectivity index (χ2n) is 12.2. The van der Waals surface area contributed by atoms with Gasteiger partial charge in [0.1, 0.15) is 6.61 Å². The van der Waals surface area contributed by atoms with Gasteiger partial charge in [0, 0.05) is 12.8 Å². The van der Waals surface area contributed by atoms with Gasteiger partial charge >= 0.3 is 19.8 Å². The Morgan fingerprint density at radius 2 is 0.960 bits per heavy atom. The largest absolute Gasteiger partial charge is 0.469 e. The molecule has 0 aliphatic heterocycles. The van der Waals surface area contributed by atoms with Crippen LogP contribution in [0, 0.1) is 0 Å². The van der Waals surface area contributed by atoms with E-state index in [0.717, 1.165) is 96.3 Å². The molecule has 0 aliphatic rings. The summed E-state index contributed by atoms with van der Waals surface area (Å²) in [7, 11) is -4.77. The Balaban J connectivity index is 4.08. The Bertz CT molecular complexity index is 1080. The number of carbonyl (C=O) groups is 2. The third-order valence-corrected chi connectivity index (χ3v) is 7.86. The molecule has 0 saturated heterocycles. The zero-order valence-electron chi connectivity index (χ0n) is 31.0. The summed E-state index contributed by atoms with van der Waals surface area (Å²) >= 11 is 0. The van der Waals surface area contributed by atoms with Crippen molar-refractivity contribution in [3.05, 3.63) is 85.1 Å². The second-order valence-corrected chi connectivity index (χ2v) is 13.4. The highest BCUT2D eigenvalue weighted by molar-refractivity contribution is 7.46. The van der Waals surface area contributed by atoms with Crippen LogP contribution in [0.5, 0.6) is 0 Å². The molecule has 0 amide bonds. The van der Waals surface area contributed by atoms with Crippen molar-refractivity contribution in [2.75, 3.05) is 13.2 Å². The topological polar surface area (TPSA) is 119 Å². The first-order valence-electron chi connectivity index (χ1n) is 18.9. The molecule has 0 spiro atoms. The van der Waals surface area contributed by atoms with Gasteiger partial charge in [-0.2, -0.15) is 0 Å². The van der Waals surface area contributed by atoms with Gasteiger partial charge < -0.3 is 19.3 Å². The average Bonchev–Trinajstić information content (AvgIpc) is 3.08. The zero-order valence-corrected chi connectivity index (χ0v) is 31.9. The first kappa shape index (κ1) is 47.2. The van der Waals surface area contributed by atoms with Crippen LogP contribution in [0.4, 0.5) is 0 Å². The molecular weight excluding hydrogens is 651 g/mol. The molecule has 1 atom stereocenters. The van der Waals surface area contributed by atoms with Gasteiger partial charge in [-0.25, -0.2) is 4.57 Å². The Hall–Kier alpha value is -2.77. The number of hydrogen-bond acceptors (Lipinski definition) is 6. The highest BCUT2D eigenvalue weighted by Gasteiger charge is 2.22. The summed E-state index contributed by atoms with van der Waals surface area (Å²) in [6, 6.07) is 0. The van der Waals surface area contributed by atoms with E-state index in [0.29, 0.717) is 12.8 Å². The minimum atomic E-state index is -4.77. The minimum Gasteiger partial charge on any atom is -0.462 e. The van der Waals surface area contributed by atoms with Gasteiger partial charge in [-0.3, -0.25) is 14.1 Å². The fourth-order valence-electron chi connectivity index (χ4n) is 4.61. The number of hydrogen-bond donors (Lipinski definition) is 2. The van der Waals surface area contributed by atoms with Gasteiger partial charge in [-0.1, -0.05) is 131 Å². The number of carbonyl (C=O) groups excluding carboxylic acids is 2. The van der Waals surface area contributed by atoms with Crippen molar-refractivity contribution in [2.24, 2.45) is 0 Å². The van der Waals surface area contributed by atoms with E-state index in [2.05, 4.69) is 103 Å². The molecule has 0 fully saturated rings. The molecule has 2 N–H and O–H groups in total. The second kappa shape index (κ2) is 36.0. The third-order valence-electron chi connectivity index (χ3n) is 7.38. The number of esters is 2. The molecule has 0 rings (SSSR count). The van der Waals surface area contributed by atoms with Crippen molar-refractivity contribution in [2.45, 2.75) is 148 Å². The third kappa shape index (κ3) is 38.0. The van der Waals surface area contributed by atoms with Gasteiger partial charge in [-0.05, 0) is 83.5 Å². The standard InChI is InChI=1S/C41H67O8P/c1-3-5-7-9-11-13-15-17-19-20-22-23-25-27-29-31-33-35-40(42)47-37-39(38-48-50(44,45)46)49-41(43)36-34-32-30-28-26-24-21-18-16-14-12-10-8-6-4-2/h6-9,12-15,18-21,23,25,39H,3-5,10-11,16-17,22,24,26-38H2,1-2H3,(H2,44,45,46)/b8-6+,9-7+,14-12+,15-13+,20-19+,21-18+,25-23+/t39-/m1/s1. The minimum absolute atomic E-state index is 0.180. The van der Waals surface area contributed by atoms with Crippen LogP contribution in [0.15, 0.2) is 85.1 Å². The molecule has 284 valence electrons. The first-order chi connectivity index (χ1) is 24.3. The van der Waals surface area contributed by atoms with Crippen LogP contribution in [0.2, 0.25) is 0 Å². The van der Waals surface area contributed by atoms with Crippen LogP contribution < -0.4 is 0 Å². The number of allylic oxidation sites excluding steroid dienone is 14. The Morgan fingerprint density at radius 3 is 1.46 bits per heavy atom. The van der Waals surface area contributed by atoms with Crippen LogP contribution in [-0.2, 0) is 28.2 Å². The Labute approximate surface area is 303 Å². The lowest BCUT2D eigenvalue weighted by Crippen LogP contribution is -2.29. The maximum absolute atomic E-state index is 12.4. The molecule has 9 heteroatoms. The number of phosphoric ester groups is 1. The van der Waals surface area contributed by atoms with E-state index in [1.807, 2.05) is 0 Å². The summed E-state index contributed by atoms with van der Waals surface area (Å²) < 4.78 is 26.3. The van der Waals surface area contributed by atoms with Gasteiger partial charge in [0.25, 0.3) is 0 Å². The van der Waals surface area contributed by atoms with Gasteiger partial charge in [0.05, 0.1) is 6.61 Å². The summed E-state index contributed by atoms with van der Waals surface area (Å²) in [6.45, 7) is 3.44.